The predicted molar refractivity (Wildman–Crippen MR) is 139 cm³/mol. The third kappa shape index (κ3) is 9.92. The Hall–Kier alpha value is -3.92. The highest BCUT2D eigenvalue weighted by molar-refractivity contribution is 5.93. The first-order chi connectivity index (χ1) is 17.5. The minimum atomic E-state index is -0.968. The molecule has 10 nitrogen and oxygen atoms in total. The number of hydrogen-bond acceptors (Lipinski definition) is 7. The third-order valence-electron chi connectivity index (χ3n) is 5.62. The van der Waals surface area contributed by atoms with E-state index in [4.69, 9.17) is 0 Å². The summed E-state index contributed by atoms with van der Waals surface area (Å²) in [6, 6.07) is 9.83. The second-order valence-electron chi connectivity index (χ2n) is 9.58. The van der Waals surface area contributed by atoms with E-state index < -0.39 is 29.9 Å². The van der Waals surface area contributed by atoms with E-state index in [0.717, 1.165) is 5.56 Å². The van der Waals surface area contributed by atoms with Crippen molar-refractivity contribution < 1.29 is 29.4 Å². The molecule has 10 heteroatoms. The van der Waals surface area contributed by atoms with Gasteiger partial charge in [-0.1, -0.05) is 38.1 Å². The van der Waals surface area contributed by atoms with Crippen molar-refractivity contribution in [3.63, 3.8) is 0 Å². The quantitative estimate of drug-likeness (QED) is 0.249. The SMILES string of the molecule is CC(C)[C@H](NC(=O)[C@H](Cc1ccc(O)cc1)NC(=O)CN(C)C)C(=O)N[C@H](C=O)Cc1ccc(O)cc1. The minimum absolute atomic E-state index is 0.0751. The molecule has 0 aromatic heterocycles. The summed E-state index contributed by atoms with van der Waals surface area (Å²) in [5, 5.41) is 27.1. The molecule has 2 aromatic carbocycles. The maximum absolute atomic E-state index is 13.3. The molecular formula is C27H36N4O6. The Kier molecular flexibility index (Phi) is 11.1. The molecule has 3 atom stereocenters. The average Bonchev–Trinajstić information content (AvgIpc) is 2.83. The van der Waals surface area contributed by atoms with Crippen LogP contribution in [-0.2, 0) is 32.0 Å². The van der Waals surface area contributed by atoms with Gasteiger partial charge in [0.2, 0.25) is 17.7 Å². The molecule has 2 rings (SSSR count). The Morgan fingerprint density at radius 3 is 1.78 bits per heavy atom. The molecule has 200 valence electrons. The molecule has 3 amide bonds. The number of aromatic hydroxyl groups is 2. The van der Waals surface area contributed by atoms with Gasteiger partial charge in [-0.25, -0.2) is 0 Å². The van der Waals surface area contributed by atoms with E-state index in [9.17, 15) is 29.4 Å². The Morgan fingerprint density at radius 1 is 0.811 bits per heavy atom. The van der Waals surface area contributed by atoms with Gasteiger partial charge in [0.05, 0.1) is 12.6 Å². The summed E-state index contributed by atoms with van der Waals surface area (Å²) in [7, 11) is 3.46. The van der Waals surface area contributed by atoms with Gasteiger partial charge in [0.15, 0.2) is 0 Å². The summed E-state index contributed by atoms with van der Waals surface area (Å²) in [5.74, 6) is -1.56. The van der Waals surface area contributed by atoms with Crippen molar-refractivity contribution >= 4 is 24.0 Å². The number of benzene rings is 2. The van der Waals surface area contributed by atoms with Gasteiger partial charge in [0, 0.05) is 6.42 Å². The lowest BCUT2D eigenvalue weighted by Gasteiger charge is -2.27. The molecule has 0 fully saturated rings. The van der Waals surface area contributed by atoms with Gasteiger partial charge in [0.25, 0.3) is 0 Å². The zero-order valence-corrected chi connectivity index (χ0v) is 21.6. The number of amides is 3. The van der Waals surface area contributed by atoms with E-state index in [-0.39, 0.29) is 42.7 Å². The highest BCUT2D eigenvalue weighted by atomic mass is 16.3. The molecule has 37 heavy (non-hydrogen) atoms. The van der Waals surface area contributed by atoms with Gasteiger partial charge in [-0.15, -0.1) is 0 Å². The molecule has 0 radical (unpaired) electrons. The van der Waals surface area contributed by atoms with Crippen molar-refractivity contribution in [3.05, 3.63) is 59.7 Å². The number of phenols is 2. The van der Waals surface area contributed by atoms with Crippen LogP contribution in [-0.4, -0.2) is 77.9 Å². The molecule has 0 saturated carbocycles. The summed E-state index contributed by atoms with van der Waals surface area (Å²) in [6.45, 7) is 3.60. The number of nitrogens with one attached hydrogen (secondary N) is 3. The molecule has 0 saturated heterocycles. The van der Waals surface area contributed by atoms with Gasteiger partial charge < -0.3 is 35.9 Å². The molecule has 0 heterocycles. The van der Waals surface area contributed by atoms with Crippen LogP contribution in [0, 0.1) is 5.92 Å². The number of carbonyl (C=O) groups excluding carboxylic acids is 4. The van der Waals surface area contributed by atoms with Crippen molar-refractivity contribution in [3.8, 4) is 11.5 Å². The fourth-order valence-electron chi connectivity index (χ4n) is 3.68. The number of aldehydes is 1. The van der Waals surface area contributed by atoms with Crippen LogP contribution in [0.4, 0.5) is 0 Å². The third-order valence-corrected chi connectivity index (χ3v) is 5.62. The van der Waals surface area contributed by atoms with Gasteiger partial charge in [-0.3, -0.25) is 14.4 Å². The van der Waals surface area contributed by atoms with E-state index in [1.165, 1.54) is 24.3 Å². The van der Waals surface area contributed by atoms with Crippen LogP contribution in [0.15, 0.2) is 48.5 Å². The van der Waals surface area contributed by atoms with Gasteiger partial charge in [-0.2, -0.15) is 0 Å². The van der Waals surface area contributed by atoms with E-state index >= 15 is 0 Å². The van der Waals surface area contributed by atoms with Gasteiger partial charge >= 0.3 is 0 Å². The molecular weight excluding hydrogens is 476 g/mol. The van der Waals surface area contributed by atoms with E-state index in [0.29, 0.717) is 11.8 Å². The van der Waals surface area contributed by atoms with Crippen LogP contribution in [0.2, 0.25) is 0 Å². The second-order valence-corrected chi connectivity index (χ2v) is 9.58. The molecule has 0 aliphatic carbocycles. The average molecular weight is 513 g/mol. The van der Waals surface area contributed by atoms with Crippen molar-refractivity contribution in [2.75, 3.05) is 20.6 Å². The molecule has 0 unspecified atom stereocenters. The number of phenolic OH excluding ortho intramolecular Hbond substituents is 2. The monoisotopic (exact) mass is 512 g/mol. The van der Waals surface area contributed by atoms with Crippen LogP contribution in [0.5, 0.6) is 11.5 Å². The number of nitrogens with zero attached hydrogens (tertiary/aromatic N) is 1. The predicted octanol–water partition coefficient (Wildman–Crippen LogP) is 0.754. The first-order valence-electron chi connectivity index (χ1n) is 12.0. The summed E-state index contributed by atoms with van der Waals surface area (Å²) in [5.41, 5.74) is 1.46. The normalized spacial score (nSPS) is 13.5. The number of carbonyl (C=O) groups is 4. The number of hydrogen-bond donors (Lipinski definition) is 5. The van der Waals surface area contributed by atoms with Crippen LogP contribution in [0.1, 0.15) is 25.0 Å². The second kappa shape index (κ2) is 14.0. The fraction of sp³-hybridized carbons (Fsp3) is 0.407. The number of likely N-dealkylation sites (N-methyl/N-ethyl adjacent to an activating group) is 1. The Morgan fingerprint density at radius 2 is 1.32 bits per heavy atom. The molecule has 0 bridgehead atoms. The zero-order valence-electron chi connectivity index (χ0n) is 21.6. The Balaban J connectivity index is 2.14. The summed E-state index contributed by atoms with van der Waals surface area (Å²) in [6.07, 6.45) is 0.993. The van der Waals surface area contributed by atoms with Crippen LogP contribution in [0.3, 0.4) is 0 Å². The van der Waals surface area contributed by atoms with E-state index in [1.807, 2.05) is 0 Å². The van der Waals surface area contributed by atoms with Crippen LogP contribution in [0.25, 0.3) is 0 Å². The molecule has 0 aliphatic rings. The van der Waals surface area contributed by atoms with E-state index in [1.54, 1.807) is 57.1 Å². The fourth-order valence-corrected chi connectivity index (χ4v) is 3.68. The first kappa shape index (κ1) is 29.3. The van der Waals surface area contributed by atoms with Gasteiger partial charge in [0.1, 0.15) is 29.9 Å². The van der Waals surface area contributed by atoms with E-state index in [2.05, 4.69) is 16.0 Å². The highest BCUT2D eigenvalue weighted by Gasteiger charge is 2.30. The van der Waals surface area contributed by atoms with Crippen LogP contribution >= 0.6 is 0 Å². The van der Waals surface area contributed by atoms with Gasteiger partial charge in [-0.05, 0) is 61.8 Å². The Labute approximate surface area is 217 Å². The highest BCUT2D eigenvalue weighted by Crippen LogP contribution is 2.13. The van der Waals surface area contributed by atoms with Crippen molar-refractivity contribution in [2.24, 2.45) is 5.92 Å². The van der Waals surface area contributed by atoms with Crippen molar-refractivity contribution in [1.29, 1.82) is 0 Å². The summed E-state index contributed by atoms with van der Waals surface area (Å²) < 4.78 is 0. The molecule has 0 aliphatic heterocycles. The topological polar surface area (TPSA) is 148 Å². The lowest BCUT2D eigenvalue weighted by atomic mass is 10.00. The van der Waals surface area contributed by atoms with Crippen LogP contribution < -0.4 is 16.0 Å². The zero-order chi connectivity index (χ0) is 27.5. The minimum Gasteiger partial charge on any atom is -0.508 e. The maximum atomic E-state index is 13.3. The standard InChI is InChI=1S/C27H36N4O6/c1-17(2)25(27(37)28-20(16-32)13-18-5-9-21(33)10-6-18)30-26(36)23(29-24(35)15-31(3)4)14-19-7-11-22(34)12-8-19/h5-12,16-17,20,23,25,33-34H,13-15H2,1-4H3,(H,28,37)(H,29,35)(H,30,36)/t20-,23-,25-/m0/s1. The summed E-state index contributed by atoms with van der Waals surface area (Å²) in [4.78, 5) is 52.1. The molecule has 0 spiro atoms. The smallest absolute Gasteiger partial charge is 0.243 e. The maximum Gasteiger partial charge on any atom is 0.243 e. The molecule has 5 N–H and O–H groups in total. The first-order valence-corrected chi connectivity index (χ1v) is 12.0. The number of rotatable bonds is 13. The largest absolute Gasteiger partial charge is 0.508 e. The van der Waals surface area contributed by atoms with Crippen molar-refractivity contribution in [1.82, 2.24) is 20.9 Å². The Bertz CT molecular complexity index is 1050. The lowest BCUT2D eigenvalue weighted by Crippen LogP contribution is -2.57. The van der Waals surface area contributed by atoms with Crippen molar-refractivity contribution in [2.45, 2.75) is 44.8 Å². The summed E-state index contributed by atoms with van der Waals surface area (Å²) >= 11 is 0. The lowest BCUT2D eigenvalue weighted by molar-refractivity contribution is -0.133. The molecule has 2 aromatic rings.